The van der Waals surface area contributed by atoms with Crippen molar-refractivity contribution in [3.05, 3.63) is 32.8 Å². The van der Waals surface area contributed by atoms with Crippen molar-refractivity contribution >= 4 is 48.7 Å². The highest BCUT2D eigenvalue weighted by Gasteiger charge is 2.17. The highest BCUT2D eigenvalue weighted by molar-refractivity contribution is 9.13. The minimum absolute atomic E-state index is 0.444. The summed E-state index contributed by atoms with van der Waals surface area (Å²) in [4.78, 5) is 14.2. The zero-order valence-electron chi connectivity index (χ0n) is 9.63. The number of hydrogen-bond acceptors (Lipinski definition) is 2. The minimum atomic E-state index is -0.844. The van der Waals surface area contributed by atoms with Crippen LogP contribution in [0.15, 0.2) is 27.3 Å². The molecule has 3 N–H and O–H groups in total. The molecule has 18 heavy (non-hydrogen) atoms. The first kappa shape index (κ1) is 13.6. The van der Waals surface area contributed by atoms with E-state index in [0.29, 0.717) is 6.42 Å². The number of carboxylic acid groups (broad SMARTS) is 1. The minimum Gasteiger partial charge on any atom is -0.480 e. The molecule has 0 saturated heterocycles. The highest BCUT2D eigenvalue weighted by Crippen LogP contribution is 2.30. The Bertz CT molecular complexity index is 595. The van der Waals surface area contributed by atoms with E-state index in [9.17, 15) is 4.79 Å². The quantitative estimate of drug-likeness (QED) is 0.769. The lowest BCUT2D eigenvalue weighted by Crippen LogP contribution is -2.35. The third kappa shape index (κ3) is 2.60. The molecule has 0 aliphatic rings. The molecule has 0 amide bonds. The van der Waals surface area contributed by atoms with Crippen LogP contribution in [0.2, 0.25) is 0 Å². The molecule has 0 aliphatic carbocycles. The van der Waals surface area contributed by atoms with Crippen LogP contribution in [0.4, 0.5) is 0 Å². The Labute approximate surface area is 121 Å². The van der Waals surface area contributed by atoms with Gasteiger partial charge < -0.3 is 15.4 Å². The lowest BCUT2D eigenvalue weighted by molar-refractivity contribution is -0.139. The number of aromatic amines is 1. The molecule has 0 radical (unpaired) electrons. The lowest BCUT2D eigenvalue weighted by atomic mass is 10.1. The van der Waals surface area contributed by atoms with Crippen LogP contribution in [0.3, 0.4) is 0 Å². The van der Waals surface area contributed by atoms with Gasteiger partial charge in [-0.05, 0) is 56.6 Å². The molecule has 0 bridgehead atoms. The molecule has 1 atom stereocenters. The van der Waals surface area contributed by atoms with E-state index >= 15 is 0 Å². The Morgan fingerprint density at radius 1 is 1.44 bits per heavy atom. The van der Waals surface area contributed by atoms with Gasteiger partial charge in [0.05, 0.1) is 0 Å². The zero-order valence-corrected chi connectivity index (χ0v) is 12.8. The largest absolute Gasteiger partial charge is 0.480 e. The van der Waals surface area contributed by atoms with Gasteiger partial charge in [0, 0.05) is 32.5 Å². The second-order valence-corrected chi connectivity index (χ2v) is 5.72. The first-order valence-corrected chi connectivity index (χ1v) is 6.96. The Kier molecular flexibility index (Phi) is 4.09. The van der Waals surface area contributed by atoms with Crippen molar-refractivity contribution in [2.45, 2.75) is 12.5 Å². The van der Waals surface area contributed by atoms with E-state index in [1.807, 2.05) is 18.3 Å². The number of aliphatic carboxylic acids is 1. The maximum absolute atomic E-state index is 11.0. The van der Waals surface area contributed by atoms with Crippen molar-refractivity contribution in [3.63, 3.8) is 0 Å². The number of halogens is 2. The normalized spacial score (nSPS) is 12.8. The van der Waals surface area contributed by atoms with Gasteiger partial charge in [-0.25, -0.2) is 0 Å². The molecule has 1 aromatic heterocycles. The summed E-state index contributed by atoms with van der Waals surface area (Å²) in [5.41, 5.74) is 1.97. The lowest BCUT2D eigenvalue weighted by Gasteiger charge is -2.10. The first-order valence-electron chi connectivity index (χ1n) is 5.38. The Balaban J connectivity index is 2.40. The Morgan fingerprint density at radius 3 is 2.72 bits per heavy atom. The predicted octanol–water partition coefficient (Wildman–Crippen LogP) is 2.91. The molecule has 2 rings (SSSR count). The highest BCUT2D eigenvalue weighted by atomic mass is 79.9. The van der Waals surface area contributed by atoms with Crippen LogP contribution in [0.1, 0.15) is 5.56 Å². The summed E-state index contributed by atoms with van der Waals surface area (Å²) in [6, 6.07) is 3.38. The molecule has 96 valence electrons. The maximum atomic E-state index is 11.0. The van der Waals surface area contributed by atoms with E-state index in [1.54, 1.807) is 7.05 Å². The molecule has 6 heteroatoms. The van der Waals surface area contributed by atoms with Gasteiger partial charge in [-0.3, -0.25) is 4.79 Å². The number of nitrogens with one attached hydrogen (secondary N) is 2. The van der Waals surface area contributed by atoms with Crippen LogP contribution in [-0.2, 0) is 11.2 Å². The SMILES string of the molecule is CN[C@@H](Cc1c[nH]c2cc(Br)c(Br)cc12)C(=O)O. The Morgan fingerprint density at radius 2 is 2.11 bits per heavy atom. The van der Waals surface area contributed by atoms with Gasteiger partial charge in [-0.1, -0.05) is 0 Å². The van der Waals surface area contributed by atoms with E-state index in [0.717, 1.165) is 25.4 Å². The first-order chi connectivity index (χ1) is 8.52. The average molecular weight is 376 g/mol. The van der Waals surface area contributed by atoms with Gasteiger partial charge in [0.1, 0.15) is 6.04 Å². The fourth-order valence-corrected chi connectivity index (χ4v) is 2.56. The maximum Gasteiger partial charge on any atom is 0.321 e. The van der Waals surface area contributed by atoms with Crippen molar-refractivity contribution in [1.29, 1.82) is 0 Å². The third-order valence-corrected chi connectivity index (χ3v) is 4.72. The van der Waals surface area contributed by atoms with Crippen molar-refractivity contribution in [2.24, 2.45) is 0 Å². The molecule has 4 nitrogen and oxygen atoms in total. The van der Waals surface area contributed by atoms with Crippen LogP contribution >= 0.6 is 31.9 Å². The van der Waals surface area contributed by atoms with Crippen molar-refractivity contribution in [1.82, 2.24) is 10.3 Å². The molecule has 0 unspecified atom stereocenters. The van der Waals surface area contributed by atoms with Crippen molar-refractivity contribution < 1.29 is 9.90 Å². The molecular formula is C12H12Br2N2O2. The molecule has 1 aromatic carbocycles. The van der Waals surface area contributed by atoms with Gasteiger partial charge in [0.15, 0.2) is 0 Å². The number of carbonyl (C=O) groups is 1. The number of fused-ring (bicyclic) bond motifs is 1. The molecule has 0 fully saturated rings. The summed E-state index contributed by atoms with van der Waals surface area (Å²) in [6.45, 7) is 0. The topological polar surface area (TPSA) is 65.1 Å². The summed E-state index contributed by atoms with van der Waals surface area (Å²) in [5, 5.41) is 12.9. The van der Waals surface area contributed by atoms with E-state index in [2.05, 4.69) is 42.2 Å². The van der Waals surface area contributed by atoms with Gasteiger partial charge in [0.2, 0.25) is 0 Å². The zero-order chi connectivity index (χ0) is 13.3. The van der Waals surface area contributed by atoms with Gasteiger partial charge in [-0.15, -0.1) is 0 Å². The third-order valence-electron chi connectivity index (χ3n) is 2.88. The second-order valence-electron chi connectivity index (χ2n) is 4.01. The summed E-state index contributed by atoms with van der Waals surface area (Å²) in [5.74, 6) is -0.844. The van der Waals surface area contributed by atoms with Crippen LogP contribution in [0, 0.1) is 0 Å². The number of hydrogen-bond donors (Lipinski definition) is 3. The fourth-order valence-electron chi connectivity index (χ4n) is 1.88. The van der Waals surface area contributed by atoms with Gasteiger partial charge in [0.25, 0.3) is 0 Å². The monoisotopic (exact) mass is 374 g/mol. The molecule has 2 aromatic rings. The number of aromatic nitrogens is 1. The molecular weight excluding hydrogens is 364 g/mol. The summed E-state index contributed by atoms with van der Waals surface area (Å²) < 4.78 is 1.92. The summed E-state index contributed by atoms with van der Waals surface area (Å²) in [6.07, 6.45) is 2.30. The van der Waals surface area contributed by atoms with E-state index in [1.165, 1.54) is 0 Å². The number of benzene rings is 1. The van der Waals surface area contributed by atoms with Crippen molar-refractivity contribution in [2.75, 3.05) is 7.05 Å². The number of rotatable bonds is 4. The molecule has 0 spiro atoms. The van der Waals surface area contributed by atoms with Gasteiger partial charge in [-0.2, -0.15) is 0 Å². The predicted molar refractivity (Wildman–Crippen MR) is 77.9 cm³/mol. The standard InChI is InChI=1S/C12H12Br2N2O2/c1-15-11(12(17)18)2-6-5-16-10-4-9(14)8(13)3-7(6)10/h3-5,11,15-16H,2H2,1H3,(H,17,18)/t11-/m0/s1. The second kappa shape index (κ2) is 5.42. The summed E-state index contributed by atoms with van der Waals surface area (Å²) >= 11 is 6.89. The van der Waals surface area contributed by atoms with E-state index in [-0.39, 0.29) is 0 Å². The van der Waals surface area contributed by atoms with Crippen LogP contribution in [0.25, 0.3) is 10.9 Å². The van der Waals surface area contributed by atoms with Crippen molar-refractivity contribution in [3.8, 4) is 0 Å². The smallest absolute Gasteiger partial charge is 0.321 e. The van der Waals surface area contributed by atoms with Crippen LogP contribution in [0.5, 0.6) is 0 Å². The fraction of sp³-hybridized carbons (Fsp3) is 0.250. The number of H-pyrrole nitrogens is 1. The number of likely N-dealkylation sites (N-methyl/N-ethyl adjacent to an activating group) is 1. The molecule has 0 saturated carbocycles. The Hall–Kier alpha value is -0.850. The summed E-state index contributed by atoms with van der Waals surface area (Å²) in [7, 11) is 1.65. The van der Waals surface area contributed by atoms with E-state index in [4.69, 9.17) is 5.11 Å². The average Bonchev–Trinajstić information content (AvgIpc) is 2.69. The molecule has 0 aliphatic heterocycles. The number of carboxylic acids is 1. The van der Waals surface area contributed by atoms with Gasteiger partial charge >= 0.3 is 5.97 Å². The van der Waals surface area contributed by atoms with Crippen LogP contribution < -0.4 is 5.32 Å². The van der Waals surface area contributed by atoms with E-state index < -0.39 is 12.0 Å². The molecule has 1 heterocycles. The van der Waals surface area contributed by atoms with Crippen LogP contribution in [-0.4, -0.2) is 29.1 Å².